The number of halogens is 1. The van der Waals surface area contributed by atoms with Crippen LogP contribution in [0, 0.1) is 0 Å². The van der Waals surface area contributed by atoms with Gasteiger partial charge in [-0.15, -0.1) is 0 Å². The fraction of sp³-hybridized carbons (Fsp3) is 0.316. The summed E-state index contributed by atoms with van der Waals surface area (Å²) >= 11 is 0. The van der Waals surface area contributed by atoms with Gasteiger partial charge < -0.3 is 14.2 Å². The Hall–Kier alpha value is -2.24. The Morgan fingerprint density at radius 3 is 2.25 bits per heavy atom. The minimum atomic E-state index is -1.50. The largest absolute Gasteiger partial charge is 0.453 e. The standard InChI is InChI=1S/C19H19FO4/c1-12-17(16(20)19(22-2)23-12)24-18(21)15-10-8-14(9-11-15)13-6-4-3-5-7-13/h3-12,16-17,19H,1-2H3/t12-,16+,17-,19?/m1/s1. The van der Waals surface area contributed by atoms with Gasteiger partial charge in [0.05, 0.1) is 11.7 Å². The second kappa shape index (κ2) is 7.11. The third-order valence-corrected chi connectivity index (χ3v) is 4.09. The molecule has 0 saturated carbocycles. The molecule has 0 radical (unpaired) electrons. The van der Waals surface area contributed by atoms with Gasteiger partial charge in [-0.2, -0.15) is 0 Å². The molecule has 3 rings (SSSR count). The average Bonchev–Trinajstić information content (AvgIpc) is 2.90. The average molecular weight is 330 g/mol. The third kappa shape index (κ3) is 3.32. The Balaban J connectivity index is 1.70. The lowest BCUT2D eigenvalue weighted by Gasteiger charge is -2.17. The molecule has 2 aromatic carbocycles. The summed E-state index contributed by atoms with van der Waals surface area (Å²) < 4.78 is 29.6. The maximum absolute atomic E-state index is 14.1. The summed E-state index contributed by atoms with van der Waals surface area (Å²) in [5.74, 6) is -0.575. The molecule has 0 spiro atoms. The molecule has 1 heterocycles. The van der Waals surface area contributed by atoms with E-state index in [2.05, 4.69) is 0 Å². The molecule has 24 heavy (non-hydrogen) atoms. The molecular weight excluding hydrogens is 311 g/mol. The zero-order valence-electron chi connectivity index (χ0n) is 13.5. The van der Waals surface area contributed by atoms with Crippen molar-refractivity contribution < 1.29 is 23.4 Å². The zero-order valence-corrected chi connectivity index (χ0v) is 13.5. The molecule has 2 aromatic rings. The first-order valence-electron chi connectivity index (χ1n) is 7.79. The monoisotopic (exact) mass is 330 g/mol. The predicted molar refractivity (Wildman–Crippen MR) is 87.3 cm³/mol. The summed E-state index contributed by atoms with van der Waals surface area (Å²) in [6.45, 7) is 1.65. The van der Waals surface area contributed by atoms with Crippen molar-refractivity contribution in [1.82, 2.24) is 0 Å². The molecule has 0 aromatic heterocycles. The minimum absolute atomic E-state index is 0.370. The fourth-order valence-corrected chi connectivity index (χ4v) is 2.75. The Morgan fingerprint density at radius 2 is 1.67 bits per heavy atom. The number of hydrogen-bond acceptors (Lipinski definition) is 4. The lowest BCUT2D eigenvalue weighted by atomic mass is 10.0. The van der Waals surface area contributed by atoms with Gasteiger partial charge in [0, 0.05) is 7.11 Å². The molecule has 1 aliphatic rings. The Kier molecular flexibility index (Phi) is 4.92. The fourth-order valence-electron chi connectivity index (χ4n) is 2.75. The van der Waals surface area contributed by atoms with Crippen molar-refractivity contribution in [3.63, 3.8) is 0 Å². The van der Waals surface area contributed by atoms with Gasteiger partial charge in [-0.25, -0.2) is 9.18 Å². The SMILES string of the molecule is COC1O[C@H](C)[C@@H](OC(=O)c2ccc(-c3ccccc3)cc2)[C@@H]1F. The van der Waals surface area contributed by atoms with Crippen LogP contribution in [-0.2, 0) is 14.2 Å². The molecule has 1 aliphatic heterocycles. The van der Waals surface area contributed by atoms with Crippen LogP contribution in [0.1, 0.15) is 17.3 Å². The Morgan fingerprint density at radius 1 is 1.04 bits per heavy atom. The highest BCUT2D eigenvalue weighted by Gasteiger charge is 2.45. The number of carbonyl (C=O) groups excluding carboxylic acids is 1. The first kappa shape index (κ1) is 16.6. The van der Waals surface area contributed by atoms with E-state index < -0.39 is 30.6 Å². The van der Waals surface area contributed by atoms with E-state index in [-0.39, 0.29) is 0 Å². The molecule has 0 aliphatic carbocycles. The smallest absolute Gasteiger partial charge is 0.338 e. The van der Waals surface area contributed by atoms with Crippen molar-refractivity contribution >= 4 is 5.97 Å². The molecule has 0 bridgehead atoms. The van der Waals surface area contributed by atoms with Crippen LogP contribution in [0.5, 0.6) is 0 Å². The van der Waals surface area contributed by atoms with Gasteiger partial charge in [-0.3, -0.25) is 0 Å². The first-order chi connectivity index (χ1) is 11.6. The Labute approximate surface area is 140 Å². The van der Waals surface area contributed by atoms with Crippen molar-refractivity contribution in [1.29, 1.82) is 0 Å². The number of hydrogen-bond donors (Lipinski definition) is 0. The number of esters is 1. The number of rotatable bonds is 4. The maximum Gasteiger partial charge on any atom is 0.338 e. The highest BCUT2D eigenvalue weighted by atomic mass is 19.1. The highest BCUT2D eigenvalue weighted by molar-refractivity contribution is 5.90. The number of benzene rings is 2. The maximum atomic E-state index is 14.1. The van der Waals surface area contributed by atoms with Crippen molar-refractivity contribution in [2.75, 3.05) is 7.11 Å². The van der Waals surface area contributed by atoms with Gasteiger partial charge in [0.15, 0.2) is 18.6 Å². The second-order valence-electron chi connectivity index (χ2n) is 5.70. The van der Waals surface area contributed by atoms with Crippen molar-refractivity contribution in [3.05, 3.63) is 60.2 Å². The normalized spacial score (nSPS) is 26.3. The van der Waals surface area contributed by atoms with Gasteiger partial charge in [0.2, 0.25) is 0 Å². The summed E-state index contributed by atoms with van der Waals surface area (Å²) in [5, 5.41) is 0. The van der Waals surface area contributed by atoms with E-state index in [0.29, 0.717) is 5.56 Å². The van der Waals surface area contributed by atoms with E-state index in [4.69, 9.17) is 14.2 Å². The Bertz CT molecular complexity index is 686. The molecule has 1 fully saturated rings. The summed E-state index contributed by atoms with van der Waals surface area (Å²) in [7, 11) is 1.36. The molecule has 0 amide bonds. The van der Waals surface area contributed by atoms with Gasteiger partial charge in [-0.05, 0) is 30.2 Å². The van der Waals surface area contributed by atoms with E-state index in [1.54, 1.807) is 19.1 Å². The lowest BCUT2D eigenvalue weighted by Crippen LogP contribution is -2.33. The minimum Gasteiger partial charge on any atom is -0.453 e. The zero-order chi connectivity index (χ0) is 17.1. The quantitative estimate of drug-likeness (QED) is 0.804. The van der Waals surface area contributed by atoms with Crippen molar-refractivity contribution in [3.8, 4) is 11.1 Å². The van der Waals surface area contributed by atoms with Gasteiger partial charge in [-0.1, -0.05) is 42.5 Å². The van der Waals surface area contributed by atoms with E-state index in [1.165, 1.54) is 7.11 Å². The lowest BCUT2D eigenvalue weighted by molar-refractivity contribution is -0.131. The van der Waals surface area contributed by atoms with Crippen molar-refractivity contribution in [2.45, 2.75) is 31.6 Å². The van der Waals surface area contributed by atoms with E-state index in [1.807, 2.05) is 42.5 Å². The van der Waals surface area contributed by atoms with Crippen LogP contribution in [0.4, 0.5) is 4.39 Å². The van der Waals surface area contributed by atoms with Gasteiger partial charge in [0.1, 0.15) is 0 Å². The summed E-state index contributed by atoms with van der Waals surface area (Å²) in [5.41, 5.74) is 2.42. The van der Waals surface area contributed by atoms with Gasteiger partial charge in [0.25, 0.3) is 0 Å². The summed E-state index contributed by atoms with van der Waals surface area (Å²) in [6, 6.07) is 16.8. The van der Waals surface area contributed by atoms with Crippen LogP contribution in [0.3, 0.4) is 0 Å². The number of carbonyl (C=O) groups is 1. The third-order valence-electron chi connectivity index (χ3n) is 4.09. The molecule has 1 unspecified atom stereocenters. The van der Waals surface area contributed by atoms with Crippen LogP contribution >= 0.6 is 0 Å². The number of methoxy groups -OCH3 is 1. The van der Waals surface area contributed by atoms with Crippen LogP contribution in [0.2, 0.25) is 0 Å². The van der Waals surface area contributed by atoms with E-state index in [0.717, 1.165) is 11.1 Å². The van der Waals surface area contributed by atoms with Gasteiger partial charge >= 0.3 is 5.97 Å². The van der Waals surface area contributed by atoms with Crippen molar-refractivity contribution in [2.24, 2.45) is 0 Å². The second-order valence-corrected chi connectivity index (χ2v) is 5.70. The molecule has 126 valence electrons. The molecule has 0 N–H and O–H groups in total. The highest BCUT2D eigenvalue weighted by Crippen LogP contribution is 2.28. The number of alkyl halides is 1. The molecule has 5 heteroatoms. The molecule has 4 nitrogen and oxygen atoms in total. The first-order valence-corrected chi connectivity index (χ1v) is 7.79. The summed E-state index contributed by atoms with van der Waals surface area (Å²) in [6.07, 6.45) is -4.04. The van der Waals surface area contributed by atoms with E-state index >= 15 is 0 Å². The molecule has 4 atom stereocenters. The van der Waals surface area contributed by atoms with Crippen LogP contribution < -0.4 is 0 Å². The molecule has 1 saturated heterocycles. The molecular formula is C19H19FO4. The van der Waals surface area contributed by atoms with E-state index in [9.17, 15) is 9.18 Å². The van der Waals surface area contributed by atoms with Crippen LogP contribution in [-0.4, -0.2) is 37.7 Å². The predicted octanol–water partition coefficient (Wildman–Crippen LogP) is 3.61. The number of ether oxygens (including phenoxy) is 3. The topological polar surface area (TPSA) is 44.8 Å². The summed E-state index contributed by atoms with van der Waals surface area (Å²) in [4.78, 5) is 12.2. The van der Waals surface area contributed by atoms with Crippen LogP contribution in [0.15, 0.2) is 54.6 Å². The van der Waals surface area contributed by atoms with Crippen LogP contribution in [0.25, 0.3) is 11.1 Å².